The Morgan fingerprint density at radius 2 is 0.386 bits per heavy atom. The van der Waals surface area contributed by atoms with Crippen molar-refractivity contribution in [1.29, 1.82) is 0 Å². The molecular formula is C20H10F34O2Si. The van der Waals surface area contributed by atoms with Gasteiger partial charge in [-0.3, -0.25) is 0 Å². The van der Waals surface area contributed by atoms with E-state index in [1.165, 1.54) is 0 Å². The summed E-state index contributed by atoms with van der Waals surface area (Å²) in [5, 5.41) is 0. The quantitative estimate of drug-likeness (QED) is 0.101. The van der Waals surface area contributed by atoms with Gasteiger partial charge in [-0.2, -0.15) is 149 Å². The lowest BCUT2D eigenvalue weighted by molar-refractivity contribution is -0.462. The zero-order valence-electron chi connectivity index (χ0n) is 25.6. The Bertz CT molecular complexity index is 1310. The van der Waals surface area contributed by atoms with E-state index in [0.29, 0.717) is 0 Å². The molecule has 0 aromatic carbocycles. The van der Waals surface area contributed by atoms with Gasteiger partial charge in [0.05, 0.1) is 0 Å². The van der Waals surface area contributed by atoms with Gasteiger partial charge in [-0.25, -0.2) is 0 Å². The summed E-state index contributed by atoms with van der Waals surface area (Å²) >= 11 is 0. The molecule has 0 radical (unpaired) electrons. The third kappa shape index (κ3) is 6.42. The van der Waals surface area contributed by atoms with Gasteiger partial charge in [0.1, 0.15) is 0 Å². The lowest BCUT2D eigenvalue weighted by Crippen LogP contribution is -2.85. The predicted octanol–water partition coefficient (Wildman–Crippen LogP) is 11.6. The molecule has 0 bridgehead atoms. The van der Waals surface area contributed by atoms with Crippen molar-refractivity contribution < 1.29 is 158 Å². The van der Waals surface area contributed by atoms with Crippen LogP contribution in [-0.2, 0) is 8.85 Å². The van der Waals surface area contributed by atoms with E-state index >= 15 is 17.6 Å². The van der Waals surface area contributed by atoms with Crippen LogP contribution in [0.5, 0.6) is 0 Å². The average Bonchev–Trinajstić information content (AvgIpc) is 2.98. The average molecular weight is 956 g/mol. The summed E-state index contributed by atoms with van der Waals surface area (Å²) in [6.45, 7) is -6.56. The summed E-state index contributed by atoms with van der Waals surface area (Å²) in [6, 6.07) is 0. The lowest BCUT2D eigenvalue weighted by atomic mass is 9.91. The van der Waals surface area contributed by atoms with E-state index in [9.17, 15) is 132 Å². The fourth-order valence-corrected chi connectivity index (χ4v) is 6.91. The minimum Gasteiger partial charge on any atom is -0.387 e. The van der Waals surface area contributed by atoms with Gasteiger partial charge in [-0.1, -0.05) is 0 Å². The second kappa shape index (κ2) is 13.9. The van der Waals surface area contributed by atoms with Crippen molar-refractivity contribution in [2.24, 2.45) is 0 Å². The Morgan fingerprint density at radius 1 is 0.246 bits per heavy atom. The first-order valence-electron chi connectivity index (χ1n) is 12.8. The van der Waals surface area contributed by atoms with Crippen LogP contribution in [0.3, 0.4) is 0 Å². The number of rotatable bonds is 18. The third-order valence-corrected chi connectivity index (χ3v) is 10.6. The molecule has 0 spiro atoms. The van der Waals surface area contributed by atoms with Crippen molar-refractivity contribution in [3.63, 3.8) is 0 Å². The molecule has 0 atom stereocenters. The Balaban J connectivity index is 8.39. The molecule has 0 aliphatic carbocycles. The number of hydrogen-bond donors (Lipinski definition) is 0. The topological polar surface area (TPSA) is 18.5 Å². The summed E-state index contributed by atoms with van der Waals surface area (Å²) in [6.07, 6.45) is -16.7. The van der Waals surface area contributed by atoms with E-state index in [-0.39, 0.29) is 0 Å². The van der Waals surface area contributed by atoms with Gasteiger partial charge in [0, 0.05) is 13.2 Å². The van der Waals surface area contributed by atoms with Crippen LogP contribution in [0.2, 0.25) is 0 Å². The number of hydrogen-bond acceptors (Lipinski definition) is 2. The molecule has 0 fully saturated rings. The smallest absolute Gasteiger partial charge is 0.387 e. The van der Waals surface area contributed by atoms with Crippen LogP contribution in [0, 0.1) is 0 Å². The van der Waals surface area contributed by atoms with Gasteiger partial charge in [0.2, 0.25) is 0 Å². The lowest BCUT2D eigenvalue weighted by Gasteiger charge is -2.49. The van der Waals surface area contributed by atoms with Gasteiger partial charge < -0.3 is 8.85 Å². The highest BCUT2D eigenvalue weighted by atomic mass is 28.4. The monoisotopic (exact) mass is 956 g/mol. The third-order valence-electron chi connectivity index (χ3n) is 6.97. The summed E-state index contributed by atoms with van der Waals surface area (Å²) in [5.41, 5.74) is -18.6. The fraction of sp³-hybridized carbons (Fsp3) is 1.00. The molecule has 0 unspecified atom stereocenters. The van der Waals surface area contributed by atoms with E-state index in [1.807, 2.05) is 0 Å². The van der Waals surface area contributed by atoms with E-state index < -0.39 is 130 Å². The number of halogens is 34. The van der Waals surface area contributed by atoms with Crippen molar-refractivity contribution in [2.45, 2.75) is 108 Å². The Morgan fingerprint density at radius 3 is 0.526 bits per heavy atom. The molecule has 344 valence electrons. The zero-order chi connectivity index (χ0) is 47.3. The van der Waals surface area contributed by atoms with Crippen molar-refractivity contribution in [2.75, 3.05) is 13.2 Å². The molecule has 0 aromatic rings. The molecular weight excluding hydrogens is 946 g/mol. The summed E-state index contributed by atoms with van der Waals surface area (Å²) in [4.78, 5) is 0. The van der Waals surface area contributed by atoms with Crippen LogP contribution in [0.25, 0.3) is 0 Å². The maximum Gasteiger partial charge on any atom is 0.503 e. The Kier molecular flexibility index (Phi) is 13.4. The maximum absolute atomic E-state index is 15.2. The molecule has 37 heteroatoms. The van der Waals surface area contributed by atoms with E-state index in [4.69, 9.17) is 0 Å². The Hall–Kier alpha value is -2.24. The van der Waals surface area contributed by atoms with Gasteiger partial charge in [-0.05, 0) is 13.8 Å². The molecule has 0 rings (SSSR count). The SMILES string of the molecule is CCO[Si](OCC)(C(F)(F)C(F)(F)C(F)(F)C(F)(F)C(F)(F)C(F)(F)C(F)(F)C(F)(F)F)C(F)(F)C(F)(F)C(F)(F)C(F)(F)C(F)(F)C(F)(F)C(F)(F)C(F)(F)F. The fourth-order valence-electron chi connectivity index (χ4n) is 3.75. The van der Waals surface area contributed by atoms with Crippen LogP contribution < -0.4 is 0 Å². The zero-order valence-corrected chi connectivity index (χ0v) is 26.6. The first kappa shape index (κ1) is 54.8. The minimum atomic E-state index is -10.6. The standard InChI is InChI=1S/C20H10F34O2Si/c1-3-55-57(56-4-2,19(51,52)15(41,42)11(33,34)7(25,26)5(21,22)9(29,30)13(37,38)17(45,46)47)20(53,54)16(43,44)12(35,36)8(27,28)6(23,24)10(31,32)14(39,40)18(48,49)50/h3-4H2,1-2H3. The summed E-state index contributed by atoms with van der Waals surface area (Å²) in [5.74, 6) is -114. The van der Waals surface area contributed by atoms with E-state index in [1.54, 1.807) is 0 Å². The molecule has 0 heterocycles. The summed E-state index contributed by atoms with van der Waals surface area (Å²) < 4.78 is 473. The summed E-state index contributed by atoms with van der Waals surface area (Å²) in [7, 11) is -10.6. The highest BCUT2D eigenvalue weighted by Crippen LogP contribution is 2.69. The predicted molar refractivity (Wildman–Crippen MR) is 110 cm³/mol. The van der Waals surface area contributed by atoms with Crippen LogP contribution in [0.15, 0.2) is 0 Å². The molecule has 0 aromatic heterocycles. The van der Waals surface area contributed by atoms with Crippen molar-refractivity contribution >= 4 is 8.56 Å². The largest absolute Gasteiger partial charge is 0.503 e. The molecule has 0 amide bonds. The first-order chi connectivity index (χ1) is 24.1. The van der Waals surface area contributed by atoms with Crippen LogP contribution in [0.4, 0.5) is 149 Å². The van der Waals surface area contributed by atoms with Gasteiger partial charge in [0.25, 0.3) is 0 Å². The second-order valence-electron chi connectivity index (χ2n) is 10.5. The normalized spacial score (nSPS) is 17.1. The van der Waals surface area contributed by atoms with Crippen molar-refractivity contribution in [3.05, 3.63) is 0 Å². The van der Waals surface area contributed by atoms with Gasteiger partial charge >= 0.3 is 103 Å². The molecule has 0 aliphatic heterocycles. The van der Waals surface area contributed by atoms with Crippen LogP contribution in [0.1, 0.15) is 13.8 Å². The second-order valence-corrected chi connectivity index (χ2v) is 13.6. The molecule has 0 N–H and O–H groups in total. The molecule has 2 nitrogen and oxygen atoms in total. The van der Waals surface area contributed by atoms with Gasteiger partial charge in [0.15, 0.2) is 0 Å². The highest BCUT2D eigenvalue weighted by Gasteiger charge is 3.03. The molecule has 0 saturated carbocycles. The Labute approximate surface area is 289 Å². The molecule has 57 heavy (non-hydrogen) atoms. The van der Waals surface area contributed by atoms with Crippen LogP contribution >= 0.6 is 0 Å². The van der Waals surface area contributed by atoms with Gasteiger partial charge in [-0.15, -0.1) is 0 Å². The number of alkyl halides is 34. The maximum atomic E-state index is 15.2. The van der Waals surface area contributed by atoms with E-state index in [0.717, 1.165) is 0 Å². The molecule has 0 saturated heterocycles. The van der Waals surface area contributed by atoms with Crippen LogP contribution in [-0.4, -0.2) is 116 Å². The van der Waals surface area contributed by atoms with Crippen molar-refractivity contribution in [1.82, 2.24) is 0 Å². The minimum absolute atomic E-state index is 0.440. The van der Waals surface area contributed by atoms with Crippen molar-refractivity contribution in [3.8, 4) is 0 Å². The van der Waals surface area contributed by atoms with E-state index in [2.05, 4.69) is 8.85 Å². The highest BCUT2D eigenvalue weighted by molar-refractivity contribution is 6.73. The first-order valence-corrected chi connectivity index (χ1v) is 14.6. The molecule has 0 aliphatic rings.